The summed E-state index contributed by atoms with van der Waals surface area (Å²) in [6.45, 7) is 2.71. The van der Waals surface area contributed by atoms with Crippen LogP contribution in [0.15, 0.2) is 23.8 Å². The van der Waals surface area contributed by atoms with Crippen LogP contribution in [0.2, 0.25) is 0 Å². The van der Waals surface area contributed by atoms with Gasteiger partial charge < -0.3 is 5.32 Å². The molecule has 0 bridgehead atoms. The Morgan fingerprint density at radius 1 is 1.50 bits per heavy atom. The van der Waals surface area contributed by atoms with Crippen molar-refractivity contribution in [1.82, 2.24) is 15.1 Å². The zero-order valence-corrected chi connectivity index (χ0v) is 12.4. The zero-order chi connectivity index (χ0) is 13.9. The van der Waals surface area contributed by atoms with E-state index in [2.05, 4.69) is 15.8 Å². The van der Waals surface area contributed by atoms with Crippen LogP contribution >= 0.6 is 11.3 Å². The van der Waals surface area contributed by atoms with Gasteiger partial charge in [0.1, 0.15) is 0 Å². The van der Waals surface area contributed by atoms with Crippen molar-refractivity contribution in [3.8, 4) is 0 Å². The molecule has 1 amide bonds. The summed E-state index contributed by atoms with van der Waals surface area (Å²) >= 11 is 1.59. The highest BCUT2D eigenvalue weighted by molar-refractivity contribution is 7.12. The third kappa shape index (κ3) is 2.77. The normalized spacial score (nSPS) is 15.7. The largest absolute Gasteiger partial charge is 0.347 e. The second-order valence-electron chi connectivity index (χ2n) is 5.38. The fraction of sp³-hybridized carbons (Fsp3) is 0.467. The zero-order valence-electron chi connectivity index (χ0n) is 11.6. The Kier molecular flexibility index (Phi) is 3.87. The van der Waals surface area contributed by atoms with E-state index in [0.717, 1.165) is 17.7 Å². The maximum atomic E-state index is 12.4. The number of carbonyl (C=O) groups excluding carboxylic acids is 1. The van der Waals surface area contributed by atoms with Gasteiger partial charge in [0.15, 0.2) is 0 Å². The molecule has 1 unspecified atom stereocenters. The summed E-state index contributed by atoms with van der Waals surface area (Å²) in [5.41, 5.74) is 2.66. The molecule has 3 rings (SSSR count). The van der Waals surface area contributed by atoms with Crippen LogP contribution in [0.4, 0.5) is 0 Å². The lowest BCUT2D eigenvalue weighted by molar-refractivity contribution is 0.0939. The third-order valence-corrected chi connectivity index (χ3v) is 4.78. The SMILES string of the molecule is CC(Cn1cccn1)NC(=O)c1scc2c1CCCC2. The summed E-state index contributed by atoms with van der Waals surface area (Å²) in [5, 5.41) is 9.40. The molecular formula is C15H19N3OS. The first kappa shape index (κ1) is 13.4. The van der Waals surface area contributed by atoms with Gasteiger partial charge in [0, 0.05) is 18.4 Å². The number of aryl methyl sites for hydroxylation is 1. The van der Waals surface area contributed by atoms with Gasteiger partial charge in [0.25, 0.3) is 5.91 Å². The number of nitrogens with one attached hydrogen (secondary N) is 1. The number of fused-ring (bicyclic) bond motifs is 1. The quantitative estimate of drug-likeness (QED) is 0.940. The Bertz CT molecular complexity index is 588. The van der Waals surface area contributed by atoms with Gasteiger partial charge in [0.05, 0.1) is 11.4 Å². The van der Waals surface area contributed by atoms with Crippen molar-refractivity contribution in [1.29, 1.82) is 0 Å². The van der Waals surface area contributed by atoms with Crippen LogP contribution in [-0.4, -0.2) is 21.7 Å². The molecule has 2 aromatic rings. The number of thiophene rings is 1. The highest BCUT2D eigenvalue weighted by atomic mass is 32.1. The van der Waals surface area contributed by atoms with Crippen LogP contribution in [0.3, 0.4) is 0 Å². The van der Waals surface area contributed by atoms with Crippen LogP contribution in [0, 0.1) is 0 Å². The molecule has 1 N–H and O–H groups in total. The molecule has 4 nitrogen and oxygen atoms in total. The summed E-state index contributed by atoms with van der Waals surface area (Å²) in [7, 11) is 0. The minimum Gasteiger partial charge on any atom is -0.347 e. The van der Waals surface area contributed by atoms with Crippen LogP contribution in [0.5, 0.6) is 0 Å². The number of rotatable bonds is 4. The van der Waals surface area contributed by atoms with Crippen LogP contribution < -0.4 is 5.32 Å². The van der Waals surface area contributed by atoms with Crippen LogP contribution in [-0.2, 0) is 19.4 Å². The number of carbonyl (C=O) groups is 1. The molecule has 5 heteroatoms. The van der Waals surface area contributed by atoms with Gasteiger partial charge in [-0.15, -0.1) is 11.3 Å². The molecule has 2 aromatic heterocycles. The molecule has 1 aliphatic carbocycles. The second kappa shape index (κ2) is 5.79. The predicted molar refractivity (Wildman–Crippen MR) is 80.1 cm³/mol. The van der Waals surface area contributed by atoms with Crippen molar-refractivity contribution < 1.29 is 4.79 Å². The number of amides is 1. The van der Waals surface area contributed by atoms with Gasteiger partial charge in [-0.05, 0) is 55.2 Å². The first-order chi connectivity index (χ1) is 9.74. The molecule has 1 aliphatic rings. The van der Waals surface area contributed by atoms with Gasteiger partial charge in [0.2, 0.25) is 0 Å². The van der Waals surface area contributed by atoms with Crippen molar-refractivity contribution >= 4 is 17.2 Å². The molecule has 0 aromatic carbocycles. The van der Waals surface area contributed by atoms with E-state index < -0.39 is 0 Å². The number of nitrogens with zero attached hydrogens (tertiary/aromatic N) is 2. The number of hydrogen-bond acceptors (Lipinski definition) is 3. The number of aromatic nitrogens is 2. The fourth-order valence-electron chi connectivity index (χ4n) is 2.73. The summed E-state index contributed by atoms with van der Waals surface area (Å²) in [4.78, 5) is 13.3. The van der Waals surface area contributed by atoms with E-state index in [1.165, 1.54) is 24.0 Å². The molecule has 20 heavy (non-hydrogen) atoms. The van der Waals surface area contributed by atoms with E-state index in [9.17, 15) is 4.79 Å². The highest BCUT2D eigenvalue weighted by Gasteiger charge is 2.21. The lowest BCUT2D eigenvalue weighted by Gasteiger charge is -2.16. The van der Waals surface area contributed by atoms with E-state index in [4.69, 9.17) is 0 Å². The van der Waals surface area contributed by atoms with Crippen LogP contribution in [0.25, 0.3) is 0 Å². The van der Waals surface area contributed by atoms with Gasteiger partial charge in [-0.25, -0.2) is 0 Å². The van der Waals surface area contributed by atoms with Gasteiger partial charge >= 0.3 is 0 Å². The molecule has 0 aliphatic heterocycles. The first-order valence-electron chi connectivity index (χ1n) is 7.11. The van der Waals surface area contributed by atoms with E-state index in [-0.39, 0.29) is 11.9 Å². The van der Waals surface area contributed by atoms with Crippen molar-refractivity contribution in [2.24, 2.45) is 0 Å². The molecular weight excluding hydrogens is 270 g/mol. The van der Waals surface area contributed by atoms with Crippen molar-refractivity contribution in [3.63, 3.8) is 0 Å². The molecule has 2 heterocycles. The van der Waals surface area contributed by atoms with Crippen molar-refractivity contribution in [2.45, 2.75) is 45.2 Å². The number of hydrogen-bond donors (Lipinski definition) is 1. The first-order valence-corrected chi connectivity index (χ1v) is 7.99. The summed E-state index contributed by atoms with van der Waals surface area (Å²) in [5.74, 6) is 0.0674. The molecule has 0 radical (unpaired) electrons. The molecule has 0 spiro atoms. The van der Waals surface area contributed by atoms with Crippen molar-refractivity contribution in [2.75, 3.05) is 0 Å². The molecule has 106 valence electrons. The lowest BCUT2D eigenvalue weighted by Crippen LogP contribution is -2.35. The Balaban J connectivity index is 1.65. The van der Waals surface area contributed by atoms with Gasteiger partial charge in [-0.1, -0.05) is 0 Å². The summed E-state index contributed by atoms with van der Waals surface area (Å²) in [6, 6.07) is 1.97. The maximum absolute atomic E-state index is 12.4. The Hall–Kier alpha value is -1.62. The van der Waals surface area contributed by atoms with Crippen molar-refractivity contribution in [3.05, 3.63) is 39.8 Å². The van der Waals surface area contributed by atoms with E-state index in [1.54, 1.807) is 17.5 Å². The highest BCUT2D eigenvalue weighted by Crippen LogP contribution is 2.29. The topological polar surface area (TPSA) is 46.9 Å². The average Bonchev–Trinajstić information content (AvgIpc) is 3.07. The van der Waals surface area contributed by atoms with Crippen LogP contribution in [0.1, 0.15) is 40.6 Å². The minimum absolute atomic E-state index is 0.0674. The smallest absolute Gasteiger partial charge is 0.261 e. The molecule has 0 fully saturated rings. The third-order valence-electron chi connectivity index (χ3n) is 3.71. The van der Waals surface area contributed by atoms with E-state index in [1.807, 2.05) is 23.9 Å². The summed E-state index contributed by atoms with van der Waals surface area (Å²) in [6.07, 6.45) is 8.30. The second-order valence-corrected chi connectivity index (χ2v) is 6.26. The maximum Gasteiger partial charge on any atom is 0.261 e. The fourth-order valence-corrected chi connectivity index (χ4v) is 3.80. The Morgan fingerprint density at radius 3 is 3.15 bits per heavy atom. The monoisotopic (exact) mass is 289 g/mol. The predicted octanol–water partition coefficient (Wildman–Crippen LogP) is 2.64. The standard InChI is InChI=1S/C15H19N3OS/c1-11(9-18-8-4-7-16-18)17-15(19)14-13-6-3-2-5-12(13)10-20-14/h4,7-8,10-11H,2-3,5-6,9H2,1H3,(H,17,19). The summed E-state index contributed by atoms with van der Waals surface area (Å²) < 4.78 is 1.84. The van der Waals surface area contributed by atoms with Gasteiger partial charge in [-0.2, -0.15) is 5.10 Å². The van der Waals surface area contributed by atoms with E-state index in [0.29, 0.717) is 6.54 Å². The molecule has 1 atom stereocenters. The Morgan fingerprint density at radius 2 is 2.35 bits per heavy atom. The molecule has 0 saturated heterocycles. The van der Waals surface area contributed by atoms with E-state index >= 15 is 0 Å². The lowest BCUT2D eigenvalue weighted by atomic mass is 9.94. The molecule has 0 saturated carbocycles. The minimum atomic E-state index is 0.0674. The van der Waals surface area contributed by atoms with Gasteiger partial charge in [-0.3, -0.25) is 9.48 Å². The average molecular weight is 289 g/mol. The Labute approximate surface area is 122 Å².